The maximum absolute atomic E-state index is 6.32. The van der Waals surface area contributed by atoms with E-state index in [9.17, 15) is 0 Å². The van der Waals surface area contributed by atoms with Crippen LogP contribution in [0.5, 0.6) is 0 Å². The van der Waals surface area contributed by atoms with Crippen molar-refractivity contribution >= 4 is 11.4 Å². The van der Waals surface area contributed by atoms with E-state index >= 15 is 0 Å². The lowest BCUT2D eigenvalue weighted by molar-refractivity contribution is 0.0289. The molecule has 2 aromatic carbocycles. The van der Waals surface area contributed by atoms with Gasteiger partial charge in [0.1, 0.15) is 0 Å². The molecular weight excluding hydrogens is 510 g/mol. The predicted molar refractivity (Wildman–Crippen MR) is 179 cm³/mol. The van der Waals surface area contributed by atoms with Crippen LogP contribution in [0.3, 0.4) is 0 Å². The van der Waals surface area contributed by atoms with Crippen molar-refractivity contribution in [3.05, 3.63) is 96.0 Å². The molecule has 3 N–H and O–H groups in total. The van der Waals surface area contributed by atoms with Crippen molar-refractivity contribution in [3.8, 4) is 0 Å². The van der Waals surface area contributed by atoms with Crippen LogP contribution in [0.2, 0.25) is 0 Å². The lowest BCUT2D eigenvalue weighted by Crippen LogP contribution is -2.52. The number of allylic oxidation sites excluding steroid dienone is 2. The van der Waals surface area contributed by atoms with Crippen molar-refractivity contribution in [2.24, 2.45) is 23.2 Å². The fourth-order valence-electron chi connectivity index (χ4n) is 10.4. The van der Waals surface area contributed by atoms with Crippen LogP contribution < -0.4 is 11.1 Å². The Balaban J connectivity index is 1.27. The number of benzene rings is 2. The first-order valence-corrected chi connectivity index (χ1v) is 16.5. The SMILES string of the molecule is C=CN(CC1CCCC2(C)c3cc(N)ccc3CCC12)C(=C)[C@@]1(C)CCCC2(C)c3cc(NC(=C)C)ccc3CCC21. The number of rotatable bonds is 7. The number of nitrogens with zero attached hydrogens (tertiary/aromatic N) is 1. The van der Waals surface area contributed by atoms with Crippen LogP contribution in [0.25, 0.3) is 0 Å². The van der Waals surface area contributed by atoms with E-state index in [1.165, 1.54) is 85.7 Å². The number of hydrogen-bond donors (Lipinski definition) is 2. The Morgan fingerprint density at radius 2 is 1.62 bits per heavy atom. The quantitative estimate of drug-likeness (QED) is 0.330. The lowest BCUT2D eigenvalue weighted by Gasteiger charge is -2.58. The molecule has 0 heterocycles. The van der Waals surface area contributed by atoms with Gasteiger partial charge in [0.05, 0.1) is 0 Å². The van der Waals surface area contributed by atoms with Crippen LogP contribution in [0.4, 0.5) is 11.4 Å². The number of anilines is 2. The zero-order chi connectivity index (χ0) is 29.9. The highest BCUT2D eigenvalue weighted by atomic mass is 15.1. The smallest absolute Gasteiger partial charge is 0.0384 e. The molecule has 4 aliphatic carbocycles. The van der Waals surface area contributed by atoms with Crippen LogP contribution in [-0.4, -0.2) is 11.4 Å². The summed E-state index contributed by atoms with van der Waals surface area (Å²) in [6.07, 6.45) is 14.4. The Hall–Kier alpha value is -2.94. The third-order valence-electron chi connectivity index (χ3n) is 12.5. The second kappa shape index (κ2) is 10.6. The average molecular weight is 564 g/mol. The maximum Gasteiger partial charge on any atom is 0.0384 e. The summed E-state index contributed by atoms with van der Waals surface area (Å²) in [6, 6.07) is 13.7. The molecule has 6 atom stereocenters. The summed E-state index contributed by atoms with van der Waals surface area (Å²) in [5, 5.41) is 3.48. The molecule has 0 aromatic heterocycles. The Morgan fingerprint density at radius 1 is 0.929 bits per heavy atom. The monoisotopic (exact) mass is 563 g/mol. The summed E-state index contributed by atoms with van der Waals surface area (Å²) in [4.78, 5) is 2.49. The average Bonchev–Trinajstić information content (AvgIpc) is 2.95. The second-order valence-corrected chi connectivity index (χ2v) is 15.0. The van der Waals surface area contributed by atoms with Crippen LogP contribution in [0.1, 0.15) is 101 Å². The Labute approximate surface area is 255 Å². The highest BCUT2D eigenvalue weighted by Gasteiger charge is 2.54. The highest BCUT2D eigenvalue weighted by Crippen LogP contribution is 2.60. The van der Waals surface area contributed by atoms with Gasteiger partial charge in [-0.2, -0.15) is 0 Å². The molecule has 0 saturated heterocycles. The zero-order valence-corrected chi connectivity index (χ0v) is 26.7. The van der Waals surface area contributed by atoms with Gasteiger partial charge in [-0.1, -0.05) is 65.5 Å². The molecule has 224 valence electrons. The number of fused-ring (bicyclic) bond motifs is 6. The summed E-state index contributed by atoms with van der Waals surface area (Å²) < 4.78 is 0. The topological polar surface area (TPSA) is 41.3 Å². The predicted octanol–water partition coefficient (Wildman–Crippen LogP) is 9.50. The van der Waals surface area contributed by atoms with E-state index < -0.39 is 0 Å². The summed E-state index contributed by atoms with van der Waals surface area (Å²) in [5.74, 6) is 1.86. The van der Waals surface area contributed by atoms with Gasteiger partial charge in [-0.15, -0.1) is 0 Å². The van der Waals surface area contributed by atoms with E-state index in [1.807, 2.05) is 6.92 Å². The van der Waals surface area contributed by atoms with E-state index in [2.05, 4.69) is 86.7 Å². The van der Waals surface area contributed by atoms with Gasteiger partial charge < -0.3 is 16.0 Å². The largest absolute Gasteiger partial charge is 0.399 e. The molecule has 2 aromatic rings. The molecule has 4 aliphatic rings. The van der Waals surface area contributed by atoms with Crippen LogP contribution in [0.15, 0.2) is 73.7 Å². The van der Waals surface area contributed by atoms with Crippen LogP contribution in [0, 0.1) is 23.2 Å². The van der Waals surface area contributed by atoms with Gasteiger partial charge in [0.2, 0.25) is 0 Å². The van der Waals surface area contributed by atoms with Crippen molar-refractivity contribution in [1.82, 2.24) is 4.90 Å². The number of nitrogens with one attached hydrogen (secondary N) is 1. The molecule has 0 radical (unpaired) electrons. The molecule has 3 heteroatoms. The van der Waals surface area contributed by atoms with Gasteiger partial charge in [0, 0.05) is 34.7 Å². The molecular formula is C39H53N3. The molecule has 5 unspecified atom stereocenters. The highest BCUT2D eigenvalue weighted by molar-refractivity contribution is 5.55. The first-order chi connectivity index (χ1) is 20.0. The molecule has 6 rings (SSSR count). The second-order valence-electron chi connectivity index (χ2n) is 15.0. The molecule has 3 nitrogen and oxygen atoms in total. The van der Waals surface area contributed by atoms with Crippen molar-refractivity contribution in [2.75, 3.05) is 17.6 Å². The number of nitrogens with two attached hydrogens (primary N) is 1. The van der Waals surface area contributed by atoms with E-state index in [1.54, 1.807) is 0 Å². The first-order valence-electron chi connectivity index (χ1n) is 16.5. The first kappa shape index (κ1) is 29.1. The van der Waals surface area contributed by atoms with E-state index in [0.29, 0.717) is 17.8 Å². The molecule has 0 bridgehead atoms. The molecule has 2 fully saturated rings. The molecule has 0 aliphatic heterocycles. The van der Waals surface area contributed by atoms with Gasteiger partial charge in [-0.05, 0) is 140 Å². The van der Waals surface area contributed by atoms with Gasteiger partial charge in [-0.25, -0.2) is 0 Å². The molecule has 0 spiro atoms. The van der Waals surface area contributed by atoms with E-state index in [-0.39, 0.29) is 16.2 Å². The standard InChI is InChI=1S/C39H53N3/c1-8-42(25-30-11-9-20-38(6)33(30)18-14-28-12-16-31(40)23-34(28)38)27(4)37(5)21-10-22-39(7)35-24-32(41-26(2)3)17-13-29(35)15-19-36(37)39/h8,12-13,16-17,23-24,30,33,36,41H,1-2,4,9-11,14-15,18-22,25,40H2,3,5-7H3/t30?,33?,36?,37-,38?,39?/m1/s1. The van der Waals surface area contributed by atoms with Crippen molar-refractivity contribution in [3.63, 3.8) is 0 Å². The third-order valence-corrected chi connectivity index (χ3v) is 12.5. The fraction of sp³-hybridized carbons (Fsp3) is 0.538. The maximum atomic E-state index is 6.32. The molecule has 0 amide bonds. The van der Waals surface area contributed by atoms with E-state index in [0.717, 1.165) is 30.0 Å². The Kier molecular flexibility index (Phi) is 7.39. The molecule has 2 saturated carbocycles. The number of aryl methyl sites for hydroxylation is 2. The minimum atomic E-state index is 0.0439. The zero-order valence-electron chi connectivity index (χ0n) is 26.7. The van der Waals surface area contributed by atoms with Gasteiger partial charge in [0.25, 0.3) is 0 Å². The van der Waals surface area contributed by atoms with Crippen molar-refractivity contribution in [1.29, 1.82) is 0 Å². The van der Waals surface area contributed by atoms with Gasteiger partial charge in [0.15, 0.2) is 0 Å². The minimum absolute atomic E-state index is 0.0439. The van der Waals surface area contributed by atoms with Crippen molar-refractivity contribution in [2.45, 2.75) is 103 Å². The number of hydrogen-bond acceptors (Lipinski definition) is 3. The Morgan fingerprint density at radius 3 is 2.36 bits per heavy atom. The van der Waals surface area contributed by atoms with Gasteiger partial charge in [-0.3, -0.25) is 0 Å². The van der Waals surface area contributed by atoms with Crippen molar-refractivity contribution < 1.29 is 0 Å². The summed E-state index contributed by atoms with van der Waals surface area (Å²) in [6.45, 7) is 24.0. The normalized spacial score (nSPS) is 33.3. The van der Waals surface area contributed by atoms with Gasteiger partial charge >= 0.3 is 0 Å². The fourth-order valence-corrected chi connectivity index (χ4v) is 10.4. The van der Waals surface area contributed by atoms with E-state index in [4.69, 9.17) is 12.3 Å². The summed E-state index contributed by atoms with van der Waals surface area (Å²) in [7, 11) is 0. The minimum Gasteiger partial charge on any atom is -0.399 e. The van der Waals surface area contributed by atoms with Crippen LogP contribution >= 0.6 is 0 Å². The van der Waals surface area contributed by atoms with Crippen LogP contribution in [-0.2, 0) is 23.7 Å². The number of nitrogen functional groups attached to an aromatic ring is 1. The molecule has 42 heavy (non-hydrogen) atoms. The lowest BCUT2D eigenvalue weighted by atomic mass is 9.49. The third kappa shape index (κ3) is 4.63. The summed E-state index contributed by atoms with van der Waals surface area (Å²) >= 11 is 0. The summed E-state index contributed by atoms with van der Waals surface area (Å²) in [5.41, 5.74) is 17.2. The Bertz CT molecular complexity index is 1400.